The van der Waals surface area contributed by atoms with Crippen LogP contribution in [0.4, 0.5) is 0 Å². The van der Waals surface area contributed by atoms with E-state index in [1.165, 1.54) is 5.56 Å². The van der Waals surface area contributed by atoms with E-state index < -0.39 is 0 Å². The van der Waals surface area contributed by atoms with Crippen LogP contribution in [-0.2, 0) is 24.2 Å². The number of aromatic nitrogens is 2. The van der Waals surface area contributed by atoms with Crippen LogP contribution in [0.5, 0.6) is 0 Å². The molecule has 116 valence electrons. The van der Waals surface area contributed by atoms with Gasteiger partial charge in [-0.2, -0.15) is 0 Å². The standard InChI is InChI=1S/C18H23N3O/c1-14-4-3-5-15(10-14)12-18(22)20(2)13-16-6-8-21-9-7-19-17(21)11-16/h3-5,7,9-10,16H,6,8,11-13H2,1-2H3. The number of amides is 1. The van der Waals surface area contributed by atoms with E-state index in [2.05, 4.69) is 28.6 Å². The summed E-state index contributed by atoms with van der Waals surface area (Å²) in [5.74, 6) is 1.86. The second-order valence-electron chi connectivity index (χ2n) is 6.34. The highest BCUT2D eigenvalue weighted by molar-refractivity contribution is 5.78. The highest BCUT2D eigenvalue weighted by atomic mass is 16.2. The number of imidazole rings is 1. The number of carbonyl (C=O) groups is 1. The Hall–Kier alpha value is -2.10. The van der Waals surface area contributed by atoms with Crippen LogP contribution in [-0.4, -0.2) is 34.0 Å². The van der Waals surface area contributed by atoms with Crippen molar-refractivity contribution in [3.63, 3.8) is 0 Å². The summed E-state index contributed by atoms with van der Waals surface area (Å²) in [6.45, 7) is 3.89. The second kappa shape index (κ2) is 6.34. The molecule has 1 atom stereocenters. The minimum Gasteiger partial charge on any atom is -0.345 e. The fourth-order valence-corrected chi connectivity index (χ4v) is 3.19. The molecule has 0 spiro atoms. The van der Waals surface area contributed by atoms with Crippen molar-refractivity contribution in [2.24, 2.45) is 5.92 Å². The van der Waals surface area contributed by atoms with Gasteiger partial charge in [0.1, 0.15) is 5.82 Å². The highest BCUT2D eigenvalue weighted by Gasteiger charge is 2.22. The van der Waals surface area contributed by atoms with Crippen LogP contribution in [0.25, 0.3) is 0 Å². The normalized spacial score (nSPS) is 17.1. The number of hydrogen-bond acceptors (Lipinski definition) is 2. The van der Waals surface area contributed by atoms with Gasteiger partial charge in [-0.3, -0.25) is 4.79 Å². The molecule has 4 heteroatoms. The topological polar surface area (TPSA) is 38.1 Å². The summed E-state index contributed by atoms with van der Waals surface area (Å²) in [6, 6.07) is 8.18. The van der Waals surface area contributed by atoms with Crippen molar-refractivity contribution in [1.82, 2.24) is 14.5 Å². The lowest BCUT2D eigenvalue weighted by molar-refractivity contribution is -0.129. The van der Waals surface area contributed by atoms with Crippen molar-refractivity contribution in [2.75, 3.05) is 13.6 Å². The van der Waals surface area contributed by atoms with Crippen molar-refractivity contribution >= 4 is 5.91 Å². The van der Waals surface area contributed by atoms with Crippen LogP contribution >= 0.6 is 0 Å². The molecule has 0 N–H and O–H groups in total. The molecule has 1 amide bonds. The van der Waals surface area contributed by atoms with Crippen LogP contribution < -0.4 is 0 Å². The smallest absolute Gasteiger partial charge is 0.226 e. The lowest BCUT2D eigenvalue weighted by Gasteiger charge is -2.28. The van der Waals surface area contributed by atoms with Crippen LogP contribution in [0.3, 0.4) is 0 Å². The Morgan fingerprint density at radius 3 is 3.14 bits per heavy atom. The van der Waals surface area contributed by atoms with E-state index >= 15 is 0 Å². The largest absolute Gasteiger partial charge is 0.345 e. The number of rotatable bonds is 4. The third-order valence-electron chi connectivity index (χ3n) is 4.45. The van der Waals surface area contributed by atoms with E-state index in [9.17, 15) is 4.79 Å². The third kappa shape index (κ3) is 3.38. The van der Waals surface area contributed by atoms with Gasteiger partial charge in [0.15, 0.2) is 0 Å². The molecule has 2 aromatic rings. The minimum atomic E-state index is 0.194. The zero-order chi connectivity index (χ0) is 15.5. The molecule has 0 bridgehead atoms. The highest BCUT2D eigenvalue weighted by Crippen LogP contribution is 2.20. The average molecular weight is 297 g/mol. The van der Waals surface area contributed by atoms with Gasteiger partial charge >= 0.3 is 0 Å². The SMILES string of the molecule is Cc1cccc(CC(=O)N(C)CC2CCn3ccnc3C2)c1. The molecule has 3 rings (SSSR count). The zero-order valence-corrected chi connectivity index (χ0v) is 13.3. The molecule has 4 nitrogen and oxygen atoms in total. The first-order valence-electron chi connectivity index (χ1n) is 7.91. The van der Waals surface area contributed by atoms with Gasteiger partial charge in [-0.05, 0) is 24.8 Å². The number of fused-ring (bicyclic) bond motifs is 1. The zero-order valence-electron chi connectivity index (χ0n) is 13.3. The Kier molecular flexibility index (Phi) is 4.27. The quantitative estimate of drug-likeness (QED) is 0.869. The van der Waals surface area contributed by atoms with Crippen LogP contribution in [0.15, 0.2) is 36.7 Å². The summed E-state index contributed by atoms with van der Waals surface area (Å²) in [4.78, 5) is 18.7. The monoisotopic (exact) mass is 297 g/mol. The Balaban J connectivity index is 1.55. The first-order chi connectivity index (χ1) is 10.6. The Morgan fingerprint density at radius 1 is 1.45 bits per heavy atom. The number of hydrogen-bond donors (Lipinski definition) is 0. The van der Waals surface area contributed by atoms with Crippen LogP contribution in [0.2, 0.25) is 0 Å². The number of aryl methyl sites for hydroxylation is 2. The van der Waals surface area contributed by atoms with Gasteiger partial charge in [0.2, 0.25) is 5.91 Å². The minimum absolute atomic E-state index is 0.194. The maximum Gasteiger partial charge on any atom is 0.226 e. The van der Waals surface area contributed by atoms with Crippen LogP contribution in [0, 0.1) is 12.8 Å². The lowest BCUT2D eigenvalue weighted by Crippen LogP contribution is -2.35. The summed E-state index contributed by atoms with van der Waals surface area (Å²) in [5.41, 5.74) is 2.29. The fraction of sp³-hybridized carbons (Fsp3) is 0.444. The first kappa shape index (κ1) is 14.8. The number of nitrogens with zero attached hydrogens (tertiary/aromatic N) is 3. The number of carbonyl (C=O) groups excluding carboxylic acids is 1. The van der Waals surface area contributed by atoms with Crippen molar-refractivity contribution in [3.05, 3.63) is 53.6 Å². The van der Waals surface area contributed by atoms with Crippen molar-refractivity contribution < 1.29 is 4.79 Å². The van der Waals surface area contributed by atoms with Gasteiger partial charge in [-0.15, -0.1) is 0 Å². The second-order valence-corrected chi connectivity index (χ2v) is 6.34. The molecule has 0 saturated heterocycles. The Bertz CT molecular complexity index is 662. The van der Waals surface area contributed by atoms with Gasteiger partial charge in [0.05, 0.1) is 6.42 Å². The first-order valence-corrected chi connectivity index (χ1v) is 7.91. The predicted molar refractivity (Wildman–Crippen MR) is 86.6 cm³/mol. The van der Waals surface area contributed by atoms with E-state index in [0.717, 1.165) is 37.3 Å². The summed E-state index contributed by atoms with van der Waals surface area (Å²) in [5, 5.41) is 0. The Morgan fingerprint density at radius 2 is 2.32 bits per heavy atom. The average Bonchev–Trinajstić information content (AvgIpc) is 2.94. The predicted octanol–water partition coefficient (Wildman–Crippen LogP) is 2.46. The molecular formula is C18H23N3O. The molecule has 0 saturated carbocycles. The molecule has 22 heavy (non-hydrogen) atoms. The maximum atomic E-state index is 12.4. The van der Waals surface area contributed by atoms with Gasteiger partial charge < -0.3 is 9.47 Å². The van der Waals surface area contributed by atoms with E-state index in [0.29, 0.717) is 12.3 Å². The van der Waals surface area contributed by atoms with Crippen molar-refractivity contribution in [2.45, 2.75) is 32.7 Å². The van der Waals surface area contributed by atoms with E-state index in [4.69, 9.17) is 0 Å². The van der Waals surface area contributed by atoms with E-state index in [1.54, 1.807) is 0 Å². The molecule has 0 radical (unpaired) electrons. The molecule has 1 aliphatic rings. The molecule has 1 unspecified atom stereocenters. The summed E-state index contributed by atoms with van der Waals surface area (Å²) < 4.78 is 2.21. The van der Waals surface area contributed by atoms with E-state index in [-0.39, 0.29) is 5.91 Å². The van der Waals surface area contributed by atoms with Gasteiger partial charge in [-0.25, -0.2) is 4.98 Å². The molecule has 2 heterocycles. The number of likely N-dealkylation sites (N-methyl/N-ethyl adjacent to an activating group) is 1. The maximum absolute atomic E-state index is 12.4. The van der Waals surface area contributed by atoms with Crippen LogP contribution in [0.1, 0.15) is 23.4 Å². The van der Waals surface area contributed by atoms with E-state index in [1.807, 2.05) is 36.5 Å². The Labute approximate surface area is 131 Å². The van der Waals surface area contributed by atoms with Gasteiger partial charge in [0.25, 0.3) is 0 Å². The molecule has 0 fully saturated rings. The summed E-state index contributed by atoms with van der Waals surface area (Å²) in [7, 11) is 1.92. The lowest BCUT2D eigenvalue weighted by atomic mass is 9.97. The summed E-state index contributed by atoms with van der Waals surface area (Å²) in [6.07, 6.45) is 6.47. The summed E-state index contributed by atoms with van der Waals surface area (Å²) >= 11 is 0. The molecule has 1 aromatic heterocycles. The fourth-order valence-electron chi connectivity index (χ4n) is 3.19. The van der Waals surface area contributed by atoms with Crippen molar-refractivity contribution in [1.29, 1.82) is 0 Å². The molecule has 0 aliphatic carbocycles. The molecule has 1 aliphatic heterocycles. The molecule has 1 aromatic carbocycles. The van der Waals surface area contributed by atoms with Gasteiger partial charge in [-0.1, -0.05) is 29.8 Å². The van der Waals surface area contributed by atoms with Gasteiger partial charge in [0, 0.05) is 39.0 Å². The molecular weight excluding hydrogens is 274 g/mol. The number of benzene rings is 1. The van der Waals surface area contributed by atoms with Crippen molar-refractivity contribution in [3.8, 4) is 0 Å². The third-order valence-corrected chi connectivity index (χ3v) is 4.45.